The zero-order valence-corrected chi connectivity index (χ0v) is 17.0. The number of hydrogen-bond acceptors (Lipinski definition) is 7. The second-order valence-corrected chi connectivity index (χ2v) is 7.61. The number of carbonyl (C=O) groups is 2. The molecule has 212 valence electrons. The highest BCUT2D eigenvalue weighted by Gasteiger charge is 2.71. The van der Waals surface area contributed by atoms with Crippen molar-refractivity contribution in [2.24, 2.45) is 0 Å². The summed E-state index contributed by atoms with van der Waals surface area (Å²) in [7, 11) is -6.47. The molecule has 0 aromatic carbocycles. The SMILES string of the molecule is C=C(C(=O)OC(OCCC(F)(F)S(=O)(=O)O)(C(=O)OC(C(F)(F)F)C(F)(F)F)C(F)(F)F)C(F)(F)F. The average Bonchev–Trinajstić information content (AvgIpc) is 2.59. The van der Waals surface area contributed by atoms with E-state index in [-0.39, 0.29) is 0 Å². The van der Waals surface area contributed by atoms with Gasteiger partial charge in [0, 0.05) is 0 Å². The quantitative estimate of drug-likeness (QED) is 0.142. The average molecular weight is 590 g/mol. The van der Waals surface area contributed by atoms with Crippen molar-refractivity contribution in [2.75, 3.05) is 6.61 Å². The lowest BCUT2D eigenvalue weighted by molar-refractivity contribution is -0.370. The highest BCUT2D eigenvalue weighted by molar-refractivity contribution is 7.86. The van der Waals surface area contributed by atoms with E-state index in [0.717, 1.165) is 0 Å². The molecule has 1 atom stereocenters. The Morgan fingerprint density at radius 2 is 1.25 bits per heavy atom. The van der Waals surface area contributed by atoms with Gasteiger partial charge in [0.15, 0.2) is 0 Å². The lowest BCUT2D eigenvalue weighted by Crippen LogP contribution is -2.61. The van der Waals surface area contributed by atoms with Crippen molar-refractivity contribution >= 4 is 22.1 Å². The predicted molar refractivity (Wildman–Crippen MR) is 79.1 cm³/mol. The van der Waals surface area contributed by atoms with Crippen LogP contribution in [0.25, 0.3) is 0 Å². The van der Waals surface area contributed by atoms with E-state index in [1.54, 1.807) is 0 Å². The van der Waals surface area contributed by atoms with Crippen LogP contribution in [0.4, 0.5) is 61.5 Å². The third kappa shape index (κ3) is 8.04. The van der Waals surface area contributed by atoms with E-state index in [1.807, 2.05) is 6.58 Å². The molecule has 36 heavy (non-hydrogen) atoms. The van der Waals surface area contributed by atoms with E-state index >= 15 is 0 Å². The Hall–Kier alpha value is -2.43. The van der Waals surface area contributed by atoms with Crippen molar-refractivity contribution in [3.63, 3.8) is 0 Å². The van der Waals surface area contributed by atoms with Crippen LogP contribution in [0.3, 0.4) is 0 Å². The van der Waals surface area contributed by atoms with Crippen LogP contribution in [-0.4, -0.2) is 73.4 Å². The van der Waals surface area contributed by atoms with Gasteiger partial charge >= 0.3 is 57.8 Å². The van der Waals surface area contributed by atoms with Gasteiger partial charge < -0.3 is 14.2 Å². The van der Waals surface area contributed by atoms with Gasteiger partial charge in [-0.25, -0.2) is 9.59 Å². The summed E-state index contributed by atoms with van der Waals surface area (Å²) in [6.45, 7) is -0.753. The number of carbonyl (C=O) groups excluding carboxylic acids is 2. The number of hydrogen-bond donors (Lipinski definition) is 1. The maximum atomic E-state index is 13.5. The van der Waals surface area contributed by atoms with E-state index in [1.165, 1.54) is 0 Å². The molecule has 0 aromatic heterocycles. The highest BCUT2D eigenvalue weighted by atomic mass is 32.2. The summed E-state index contributed by atoms with van der Waals surface area (Å²) < 4.78 is 218. The summed E-state index contributed by atoms with van der Waals surface area (Å²) >= 11 is 0. The smallest absolute Gasteiger partial charge is 0.438 e. The molecule has 0 aliphatic carbocycles. The maximum Gasteiger partial charge on any atom is 0.468 e. The van der Waals surface area contributed by atoms with Crippen LogP contribution in [0, 0.1) is 0 Å². The van der Waals surface area contributed by atoms with Gasteiger partial charge in [-0.05, 0) is 0 Å². The van der Waals surface area contributed by atoms with Gasteiger partial charge in [-0.3, -0.25) is 4.55 Å². The van der Waals surface area contributed by atoms with Gasteiger partial charge in [0.05, 0.1) is 13.0 Å². The van der Waals surface area contributed by atoms with Crippen LogP contribution >= 0.6 is 0 Å². The molecule has 0 saturated carbocycles. The minimum absolute atomic E-state index is 1.88. The minimum atomic E-state index is -6.97. The molecule has 0 spiro atoms. The predicted octanol–water partition coefficient (Wildman–Crippen LogP) is 3.83. The van der Waals surface area contributed by atoms with E-state index in [0.29, 0.717) is 0 Å². The van der Waals surface area contributed by atoms with Gasteiger partial charge in [0.1, 0.15) is 5.57 Å². The first-order chi connectivity index (χ1) is 15.5. The molecule has 0 amide bonds. The molecule has 0 heterocycles. The summed E-state index contributed by atoms with van der Waals surface area (Å²) in [5.41, 5.74) is -2.96. The Bertz CT molecular complexity index is 932. The van der Waals surface area contributed by atoms with E-state index in [2.05, 4.69) is 14.2 Å². The van der Waals surface area contributed by atoms with Crippen molar-refractivity contribution < 1.29 is 98.2 Å². The summed E-state index contributed by atoms with van der Waals surface area (Å²) in [5.74, 6) is -13.6. The first-order valence-electron chi connectivity index (χ1n) is 7.90. The Balaban J connectivity index is 6.69. The van der Waals surface area contributed by atoms with Gasteiger partial charge in [-0.1, -0.05) is 6.58 Å². The third-order valence-electron chi connectivity index (χ3n) is 3.36. The van der Waals surface area contributed by atoms with Crippen molar-refractivity contribution in [1.82, 2.24) is 0 Å². The first kappa shape index (κ1) is 33.6. The lowest BCUT2D eigenvalue weighted by Gasteiger charge is -2.34. The van der Waals surface area contributed by atoms with Crippen molar-refractivity contribution in [1.29, 1.82) is 0 Å². The molecule has 0 aliphatic rings. The topological polar surface area (TPSA) is 116 Å². The van der Waals surface area contributed by atoms with Crippen molar-refractivity contribution in [3.05, 3.63) is 12.2 Å². The van der Waals surface area contributed by atoms with Gasteiger partial charge in [-0.2, -0.15) is 69.9 Å². The number of rotatable bonds is 9. The van der Waals surface area contributed by atoms with Crippen LogP contribution in [0.5, 0.6) is 0 Å². The number of ether oxygens (including phenoxy) is 3. The first-order valence-corrected chi connectivity index (χ1v) is 9.34. The number of alkyl halides is 14. The van der Waals surface area contributed by atoms with Crippen LogP contribution in [0.2, 0.25) is 0 Å². The molecule has 0 rings (SSSR count). The fourth-order valence-electron chi connectivity index (χ4n) is 1.64. The number of halogens is 14. The van der Waals surface area contributed by atoms with Crippen LogP contribution in [-0.2, 0) is 33.9 Å². The van der Waals surface area contributed by atoms with Crippen LogP contribution in [0.1, 0.15) is 6.42 Å². The zero-order chi connectivity index (χ0) is 29.3. The monoisotopic (exact) mass is 590 g/mol. The normalized spacial score (nSPS) is 15.9. The summed E-state index contributed by atoms with van der Waals surface area (Å²) in [6, 6.07) is 0. The Labute approximate surface area is 188 Å². The molecular formula is C13H8F14O8S. The fraction of sp³-hybridized carbons (Fsp3) is 0.692. The fourth-order valence-corrected chi connectivity index (χ4v) is 1.98. The van der Waals surface area contributed by atoms with E-state index in [4.69, 9.17) is 4.55 Å². The molecule has 1 unspecified atom stereocenters. The molecule has 1 N–H and O–H groups in total. The van der Waals surface area contributed by atoms with Crippen LogP contribution < -0.4 is 0 Å². The lowest BCUT2D eigenvalue weighted by atomic mass is 10.2. The molecule has 0 fully saturated rings. The standard InChI is InChI=1S/C13H8F14O8S/c1-4(10(16,17)18)5(28)35-9(13(25,26)27,33-3-2-8(14,15)36(30,31)32)7(29)34-6(11(19,20)21)12(22,23)24/h6H,1-3H2,(H,30,31,32). The van der Waals surface area contributed by atoms with Gasteiger partial charge in [-0.15, -0.1) is 0 Å². The van der Waals surface area contributed by atoms with Crippen molar-refractivity contribution in [2.45, 2.75) is 48.3 Å². The Morgan fingerprint density at radius 1 is 0.833 bits per heavy atom. The number of esters is 2. The molecule has 0 aromatic rings. The Kier molecular flexibility index (Phi) is 9.46. The third-order valence-corrected chi connectivity index (χ3v) is 4.32. The van der Waals surface area contributed by atoms with Gasteiger partial charge in [0.25, 0.3) is 6.10 Å². The Morgan fingerprint density at radius 3 is 1.56 bits per heavy atom. The van der Waals surface area contributed by atoms with Crippen LogP contribution in [0.15, 0.2) is 12.2 Å². The molecule has 8 nitrogen and oxygen atoms in total. The molecule has 0 aliphatic heterocycles. The molecular weight excluding hydrogens is 582 g/mol. The largest absolute Gasteiger partial charge is 0.468 e. The minimum Gasteiger partial charge on any atom is -0.438 e. The van der Waals surface area contributed by atoms with Crippen molar-refractivity contribution in [3.8, 4) is 0 Å². The summed E-state index contributed by atoms with van der Waals surface area (Å²) in [4.78, 5) is 23.2. The zero-order valence-electron chi connectivity index (χ0n) is 16.2. The van der Waals surface area contributed by atoms with Gasteiger partial charge in [0.2, 0.25) is 0 Å². The second-order valence-electron chi connectivity index (χ2n) is 6.06. The molecule has 0 bridgehead atoms. The molecule has 23 heteroatoms. The highest BCUT2D eigenvalue weighted by Crippen LogP contribution is 2.42. The molecule has 0 radical (unpaired) electrons. The summed E-state index contributed by atoms with van der Waals surface area (Å²) in [6.07, 6.45) is -34.6. The summed E-state index contributed by atoms with van der Waals surface area (Å²) in [5, 5.41) is -5.46. The second kappa shape index (κ2) is 10.1. The van der Waals surface area contributed by atoms with E-state index < -0.39 is 82.5 Å². The maximum absolute atomic E-state index is 13.5. The van der Waals surface area contributed by atoms with E-state index in [9.17, 15) is 79.5 Å². The molecule has 0 saturated heterocycles.